The normalized spacial score (nSPS) is 10.8. The number of carboxylic acids is 1. The van der Waals surface area contributed by atoms with Gasteiger partial charge in [0.1, 0.15) is 6.54 Å². The molecular weight excluding hydrogens is 280 g/mol. The molecule has 1 heterocycles. The van der Waals surface area contributed by atoms with E-state index < -0.39 is 5.97 Å². The van der Waals surface area contributed by atoms with Crippen molar-refractivity contribution >= 4 is 23.6 Å². The van der Waals surface area contributed by atoms with Crippen LogP contribution in [0.25, 0.3) is 6.08 Å². The first-order chi connectivity index (χ1) is 10.5. The number of carbonyl (C=O) groups is 2. The minimum atomic E-state index is -1.02. The van der Waals surface area contributed by atoms with Crippen molar-refractivity contribution in [1.29, 1.82) is 0 Å². The highest BCUT2D eigenvalue weighted by atomic mass is 16.4. The molecule has 0 aliphatic rings. The van der Waals surface area contributed by atoms with Crippen LogP contribution < -0.4 is 5.32 Å². The van der Waals surface area contributed by atoms with Crippen molar-refractivity contribution in [2.24, 2.45) is 0 Å². The number of hydrogen-bond acceptors (Lipinski definition) is 2. The molecule has 1 amide bonds. The Morgan fingerprint density at radius 2 is 2.00 bits per heavy atom. The first-order valence-electron chi connectivity index (χ1n) is 6.89. The number of aliphatic carboxylic acids is 1. The van der Waals surface area contributed by atoms with E-state index in [0.717, 1.165) is 22.9 Å². The summed E-state index contributed by atoms with van der Waals surface area (Å²) in [6.07, 6.45) is 4.26. The summed E-state index contributed by atoms with van der Waals surface area (Å²) < 4.78 is 1.69. The Morgan fingerprint density at radius 3 is 2.73 bits per heavy atom. The van der Waals surface area contributed by atoms with Gasteiger partial charge in [0.2, 0.25) is 5.91 Å². The van der Waals surface area contributed by atoms with E-state index in [9.17, 15) is 9.59 Å². The van der Waals surface area contributed by atoms with Crippen LogP contribution in [0.2, 0.25) is 0 Å². The molecule has 0 atom stereocenters. The Kier molecular flexibility index (Phi) is 4.78. The fourth-order valence-corrected chi connectivity index (χ4v) is 2.11. The van der Waals surface area contributed by atoms with Gasteiger partial charge in [-0.05, 0) is 49.2 Å². The monoisotopic (exact) mass is 298 g/mol. The number of benzene rings is 1. The standard InChI is InChI=1S/C17H18N2O3/c1-12-5-3-7-15(13(12)2)18-16(20)11-19-10-4-6-14(19)8-9-17(21)22/h3-10H,11H2,1-2H3,(H,18,20)(H,21,22)/b9-8+. The summed E-state index contributed by atoms with van der Waals surface area (Å²) in [5, 5.41) is 11.5. The van der Waals surface area contributed by atoms with Gasteiger partial charge >= 0.3 is 5.97 Å². The van der Waals surface area contributed by atoms with E-state index in [4.69, 9.17) is 5.11 Å². The lowest BCUT2D eigenvalue weighted by Crippen LogP contribution is -2.19. The van der Waals surface area contributed by atoms with Gasteiger partial charge in [-0.3, -0.25) is 4.79 Å². The van der Waals surface area contributed by atoms with Crippen LogP contribution in [0.1, 0.15) is 16.8 Å². The van der Waals surface area contributed by atoms with E-state index in [0.29, 0.717) is 5.69 Å². The third-order valence-electron chi connectivity index (χ3n) is 3.45. The highest BCUT2D eigenvalue weighted by Gasteiger charge is 2.08. The van der Waals surface area contributed by atoms with Crippen LogP contribution in [-0.2, 0) is 16.1 Å². The molecule has 0 aliphatic carbocycles. The Balaban J connectivity index is 2.08. The van der Waals surface area contributed by atoms with Crippen molar-refractivity contribution in [3.05, 3.63) is 59.4 Å². The van der Waals surface area contributed by atoms with Crippen LogP contribution in [0.4, 0.5) is 5.69 Å². The van der Waals surface area contributed by atoms with Crippen molar-refractivity contribution in [2.45, 2.75) is 20.4 Å². The summed E-state index contributed by atoms with van der Waals surface area (Å²) in [5.74, 6) is -1.18. The summed E-state index contributed by atoms with van der Waals surface area (Å²) in [4.78, 5) is 22.7. The number of nitrogens with one attached hydrogen (secondary N) is 1. The molecule has 0 bridgehead atoms. The van der Waals surface area contributed by atoms with Gasteiger partial charge in [0.05, 0.1) is 0 Å². The zero-order chi connectivity index (χ0) is 16.1. The number of carbonyl (C=O) groups excluding carboxylic acids is 1. The Bertz CT molecular complexity index is 729. The minimum Gasteiger partial charge on any atom is -0.478 e. The van der Waals surface area contributed by atoms with E-state index in [1.165, 1.54) is 6.08 Å². The molecule has 2 rings (SSSR count). The van der Waals surface area contributed by atoms with Gasteiger partial charge in [0, 0.05) is 23.7 Å². The van der Waals surface area contributed by atoms with Crippen LogP contribution in [0.3, 0.4) is 0 Å². The molecule has 2 aromatic rings. The average Bonchev–Trinajstić information content (AvgIpc) is 2.89. The number of aromatic nitrogens is 1. The molecule has 0 fully saturated rings. The Morgan fingerprint density at radius 1 is 1.23 bits per heavy atom. The third kappa shape index (κ3) is 3.85. The molecule has 1 aromatic carbocycles. The quantitative estimate of drug-likeness (QED) is 0.834. The second-order valence-electron chi connectivity index (χ2n) is 5.03. The predicted octanol–water partition coefficient (Wildman–Crippen LogP) is 2.84. The van der Waals surface area contributed by atoms with Crippen LogP contribution in [0, 0.1) is 13.8 Å². The van der Waals surface area contributed by atoms with E-state index in [1.807, 2.05) is 32.0 Å². The fourth-order valence-electron chi connectivity index (χ4n) is 2.11. The predicted molar refractivity (Wildman–Crippen MR) is 85.6 cm³/mol. The summed E-state index contributed by atoms with van der Waals surface area (Å²) >= 11 is 0. The Hall–Kier alpha value is -2.82. The van der Waals surface area contributed by atoms with Gasteiger partial charge in [0.25, 0.3) is 0 Å². The summed E-state index contributed by atoms with van der Waals surface area (Å²) in [6.45, 7) is 4.08. The lowest BCUT2D eigenvalue weighted by molar-refractivity contribution is -0.131. The Labute approximate surface area is 128 Å². The van der Waals surface area contributed by atoms with E-state index in [1.54, 1.807) is 22.9 Å². The molecule has 0 aliphatic heterocycles. The van der Waals surface area contributed by atoms with Crippen molar-refractivity contribution in [2.75, 3.05) is 5.32 Å². The molecule has 1 aromatic heterocycles. The second-order valence-corrected chi connectivity index (χ2v) is 5.03. The largest absolute Gasteiger partial charge is 0.478 e. The van der Waals surface area contributed by atoms with Gasteiger partial charge in [-0.15, -0.1) is 0 Å². The maximum absolute atomic E-state index is 12.2. The molecule has 0 saturated carbocycles. The van der Waals surface area contributed by atoms with Crippen LogP contribution in [-0.4, -0.2) is 21.6 Å². The molecule has 5 heteroatoms. The highest BCUT2D eigenvalue weighted by molar-refractivity contribution is 5.91. The first kappa shape index (κ1) is 15.6. The molecule has 0 radical (unpaired) electrons. The number of hydrogen-bond donors (Lipinski definition) is 2. The SMILES string of the molecule is Cc1cccc(NC(=O)Cn2cccc2/C=C/C(=O)O)c1C. The smallest absolute Gasteiger partial charge is 0.328 e. The summed E-state index contributed by atoms with van der Waals surface area (Å²) in [6, 6.07) is 9.28. The zero-order valence-electron chi connectivity index (χ0n) is 12.5. The van der Waals surface area contributed by atoms with Crippen molar-refractivity contribution in [3.8, 4) is 0 Å². The van der Waals surface area contributed by atoms with Gasteiger partial charge in [-0.2, -0.15) is 0 Å². The molecule has 0 unspecified atom stereocenters. The molecule has 0 spiro atoms. The maximum Gasteiger partial charge on any atom is 0.328 e. The van der Waals surface area contributed by atoms with Gasteiger partial charge in [-0.1, -0.05) is 12.1 Å². The van der Waals surface area contributed by atoms with Crippen molar-refractivity contribution in [1.82, 2.24) is 4.57 Å². The lowest BCUT2D eigenvalue weighted by atomic mass is 10.1. The number of rotatable bonds is 5. The maximum atomic E-state index is 12.2. The molecular formula is C17H18N2O3. The van der Waals surface area contributed by atoms with Crippen molar-refractivity contribution < 1.29 is 14.7 Å². The molecule has 0 saturated heterocycles. The lowest BCUT2D eigenvalue weighted by Gasteiger charge is -2.11. The average molecular weight is 298 g/mol. The second kappa shape index (κ2) is 6.76. The number of amides is 1. The van der Waals surface area contributed by atoms with Gasteiger partial charge in [0.15, 0.2) is 0 Å². The van der Waals surface area contributed by atoms with E-state index in [2.05, 4.69) is 5.32 Å². The van der Waals surface area contributed by atoms with Crippen LogP contribution >= 0.6 is 0 Å². The van der Waals surface area contributed by atoms with Gasteiger partial charge < -0.3 is 15.0 Å². The van der Waals surface area contributed by atoms with Crippen LogP contribution in [0.5, 0.6) is 0 Å². The van der Waals surface area contributed by atoms with Crippen LogP contribution in [0.15, 0.2) is 42.6 Å². The number of aryl methyl sites for hydroxylation is 1. The van der Waals surface area contributed by atoms with E-state index >= 15 is 0 Å². The topological polar surface area (TPSA) is 71.3 Å². The number of carboxylic acid groups (broad SMARTS) is 1. The minimum absolute atomic E-state index is 0.125. The fraction of sp³-hybridized carbons (Fsp3) is 0.176. The third-order valence-corrected chi connectivity index (χ3v) is 3.45. The molecule has 114 valence electrons. The zero-order valence-corrected chi connectivity index (χ0v) is 12.5. The molecule has 22 heavy (non-hydrogen) atoms. The number of nitrogens with zero attached hydrogens (tertiary/aromatic N) is 1. The number of anilines is 1. The molecule has 5 nitrogen and oxygen atoms in total. The molecule has 2 N–H and O–H groups in total. The summed E-state index contributed by atoms with van der Waals surface area (Å²) in [7, 11) is 0. The highest BCUT2D eigenvalue weighted by Crippen LogP contribution is 2.18. The van der Waals surface area contributed by atoms with Crippen molar-refractivity contribution in [3.63, 3.8) is 0 Å². The summed E-state index contributed by atoms with van der Waals surface area (Å²) in [5.41, 5.74) is 3.61. The van der Waals surface area contributed by atoms with E-state index in [-0.39, 0.29) is 12.5 Å². The first-order valence-corrected chi connectivity index (χ1v) is 6.89. The van der Waals surface area contributed by atoms with Gasteiger partial charge in [-0.25, -0.2) is 4.79 Å².